The number of amides is 1. The maximum Gasteiger partial charge on any atom is 0.306 e. The highest BCUT2D eigenvalue weighted by Crippen LogP contribution is 2.67. The molecule has 3 N–H and O–H groups in total. The number of aliphatic hydroxyl groups excluding tert-OH is 1. The molecule has 7 atom stereocenters. The van der Waals surface area contributed by atoms with Crippen LogP contribution < -0.4 is 5.32 Å². The van der Waals surface area contributed by atoms with Crippen LogP contribution in [0.25, 0.3) is 0 Å². The molecule has 5 rings (SSSR count). The van der Waals surface area contributed by atoms with Crippen LogP contribution in [0.1, 0.15) is 64.4 Å². The normalized spacial score (nSPS) is 36.8. The third-order valence-corrected chi connectivity index (χ3v) is 10.8. The predicted molar refractivity (Wildman–Crippen MR) is 144 cm³/mol. The van der Waals surface area contributed by atoms with Crippen LogP contribution in [-0.4, -0.2) is 52.0 Å². The van der Waals surface area contributed by atoms with Crippen LogP contribution in [-0.2, 0) is 30.5 Å². The third-order valence-electron chi connectivity index (χ3n) is 10.1. The maximum absolute atomic E-state index is 13.4. The Morgan fingerprint density at radius 2 is 2.00 bits per heavy atom. The highest BCUT2D eigenvalue weighted by atomic mass is 32.1. The van der Waals surface area contributed by atoms with E-state index in [4.69, 9.17) is 4.74 Å². The number of nitrogens with one attached hydrogen (secondary N) is 1. The number of fused-ring (bicyclic) bond motifs is 5. The van der Waals surface area contributed by atoms with Crippen LogP contribution >= 0.6 is 11.3 Å². The number of carbonyl (C=O) groups excluding carboxylic acids is 4. The Bertz CT molecular complexity index is 1220. The van der Waals surface area contributed by atoms with Crippen molar-refractivity contribution in [2.45, 2.75) is 77.0 Å². The van der Waals surface area contributed by atoms with E-state index >= 15 is 0 Å². The first-order valence-corrected chi connectivity index (χ1v) is 14.7. The summed E-state index contributed by atoms with van der Waals surface area (Å²) in [4.78, 5) is 49.7. The van der Waals surface area contributed by atoms with E-state index in [1.165, 1.54) is 11.3 Å². The zero-order valence-electron chi connectivity index (χ0n) is 22.5. The summed E-state index contributed by atoms with van der Waals surface area (Å²) < 4.78 is 5.20. The number of hydrogen-bond donors (Lipinski definition) is 3. The lowest BCUT2D eigenvalue weighted by Gasteiger charge is -2.59. The van der Waals surface area contributed by atoms with Crippen molar-refractivity contribution in [2.75, 3.05) is 6.61 Å². The van der Waals surface area contributed by atoms with Crippen molar-refractivity contribution in [3.05, 3.63) is 46.2 Å². The minimum atomic E-state index is -1.71. The van der Waals surface area contributed by atoms with Gasteiger partial charge < -0.3 is 20.3 Å². The molecule has 0 bridgehead atoms. The second kappa shape index (κ2) is 10.4. The topological polar surface area (TPSA) is 130 Å². The second-order valence-corrected chi connectivity index (χ2v) is 12.9. The molecule has 9 heteroatoms. The lowest BCUT2D eigenvalue weighted by Crippen LogP contribution is -2.61. The molecular weight excluding hydrogens is 518 g/mol. The van der Waals surface area contributed by atoms with Gasteiger partial charge in [0, 0.05) is 29.7 Å². The van der Waals surface area contributed by atoms with Crippen molar-refractivity contribution in [3.63, 3.8) is 0 Å². The minimum Gasteiger partial charge on any atom is -0.458 e. The summed E-state index contributed by atoms with van der Waals surface area (Å²) in [5.41, 5.74) is -0.952. The van der Waals surface area contributed by atoms with Crippen LogP contribution in [0, 0.1) is 28.6 Å². The van der Waals surface area contributed by atoms with Gasteiger partial charge in [0.15, 0.2) is 12.4 Å². The molecule has 8 nitrogen and oxygen atoms in total. The standard InChI is InChI=1S/C30H37NO7S/c1-28-10-7-20(32)13-19(28)3-4-21-22-8-11-30(37,29(22,2)14-23(33)27(21)28)24(34)16-38-26(36)6-5-25(35)31-15-18-9-12-39-17-18/h7,9-10,12-13,17,21-23,27,33,37H,3-6,8,11,14-16H2,1-2H3,(H,31,35)/t21-,22-,23+,27+,28-,29-,30-/m0/s1. The SMILES string of the molecule is C[C@]12C=CC(=O)C=C1CC[C@@H]1[C@@H]2[C@H](O)C[C@@]2(C)[C@H]1CC[C@]2(O)C(=O)COC(=O)CCC(=O)NCc1ccsc1. The smallest absolute Gasteiger partial charge is 0.306 e. The Hall–Kier alpha value is -2.62. The molecule has 0 aromatic carbocycles. The van der Waals surface area contributed by atoms with Crippen LogP contribution in [0.5, 0.6) is 0 Å². The van der Waals surface area contributed by atoms with Crippen LogP contribution in [0.15, 0.2) is 40.6 Å². The maximum atomic E-state index is 13.4. The number of rotatable bonds is 8. The zero-order chi connectivity index (χ0) is 28.0. The van der Waals surface area contributed by atoms with Gasteiger partial charge in [-0.05, 0) is 78.5 Å². The van der Waals surface area contributed by atoms with Crippen molar-refractivity contribution < 1.29 is 34.1 Å². The van der Waals surface area contributed by atoms with Crippen molar-refractivity contribution in [2.24, 2.45) is 28.6 Å². The number of Topliss-reactive ketones (excluding diaryl/α,β-unsaturated/α-hetero) is 1. The van der Waals surface area contributed by atoms with E-state index in [1.807, 2.05) is 29.8 Å². The van der Waals surface area contributed by atoms with E-state index in [-0.39, 0.29) is 55.1 Å². The minimum absolute atomic E-state index is 0.0203. The molecule has 0 spiro atoms. The molecule has 39 heavy (non-hydrogen) atoms. The summed E-state index contributed by atoms with van der Waals surface area (Å²) in [6, 6.07) is 1.91. The van der Waals surface area contributed by atoms with Crippen molar-refractivity contribution in [1.29, 1.82) is 0 Å². The van der Waals surface area contributed by atoms with E-state index in [9.17, 15) is 29.4 Å². The Labute approximate surface area is 232 Å². The fraction of sp³-hybridized carbons (Fsp3) is 0.600. The van der Waals surface area contributed by atoms with Gasteiger partial charge in [-0.1, -0.05) is 25.5 Å². The first-order valence-electron chi connectivity index (χ1n) is 13.8. The van der Waals surface area contributed by atoms with E-state index in [1.54, 1.807) is 12.2 Å². The van der Waals surface area contributed by atoms with Gasteiger partial charge >= 0.3 is 5.97 Å². The second-order valence-electron chi connectivity index (χ2n) is 12.1. The highest BCUT2D eigenvalue weighted by molar-refractivity contribution is 7.07. The zero-order valence-corrected chi connectivity index (χ0v) is 23.3. The van der Waals surface area contributed by atoms with Crippen LogP contribution in [0.3, 0.4) is 0 Å². The third kappa shape index (κ3) is 4.83. The summed E-state index contributed by atoms with van der Waals surface area (Å²) in [6.07, 6.45) is 6.94. The number of ether oxygens (including phenoxy) is 1. The molecule has 1 amide bonds. The van der Waals surface area contributed by atoms with E-state index in [0.717, 1.165) is 24.0 Å². The Morgan fingerprint density at radius 1 is 1.21 bits per heavy atom. The molecule has 0 saturated heterocycles. The molecular formula is C30H37NO7S. The quantitative estimate of drug-likeness (QED) is 0.420. The fourth-order valence-corrected chi connectivity index (χ4v) is 8.69. The number of carbonyl (C=O) groups is 4. The predicted octanol–water partition coefficient (Wildman–Crippen LogP) is 3.27. The van der Waals surface area contributed by atoms with Gasteiger partial charge in [0.1, 0.15) is 5.60 Å². The molecule has 4 aliphatic rings. The van der Waals surface area contributed by atoms with Crippen molar-refractivity contribution in [1.82, 2.24) is 5.32 Å². The van der Waals surface area contributed by atoms with E-state index in [0.29, 0.717) is 13.0 Å². The number of esters is 1. The Morgan fingerprint density at radius 3 is 2.74 bits per heavy atom. The average molecular weight is 556 g/mol. The van der Waals surface area contributed by atoms with Crippen LogP contribution in [0.2, 0.25) is 0 Å². The first-order chi connectivity index (χ1) is 18.5. The molecule has 1 heterocycles. The largest absolute Gasteiger partial charge is 0.458 e. The number of thiophene rings is 1. The summed E-state index contributed by atoms with van der Waals surface area (Å²) in [5, 5.41) is 29.8. The molecule has 1 aromatic rings. The van der Waals surface area contributed by atoms with E-state index < -0.39 is 40.9 Å². The number of hydrogen-bond acceptors (Lipinski definition) is 8. The Balaban J connectivity index is 1.19. The average Bonchev–Trinajstić information content (AvgIpc) is 3.51. The van der Waals surface area contributed by atoms with Crippen molar-refractivity contribution >= 4 is 34.8 Å². The number of aliphatic hydroxyl groups is 2. The first kappa shape index (κ1) is 27.9. The van der Waals surface area contributed by atoms with Gasteiger partial charge in [0.2, 0.25) is 11.7 Å². The summed E-state index contributed by atoms with van der Waals surface area (Å²) >= 11 is 1.54. The Kier molecular flexibility index (Phi) is 7.45. The van der Waals surface area contributed by atoms with Gasteiger partial charge in [0.05, 0.1) is 12.5 Å². The fourth-order valence-electron chi connectivity index (χ4n) is 8.02. The number of ketones is 2. The molecule has 0 aliphatic heterocycles. The van der Waals surface area contributed by atoms with Gasteiger partial charge in [-0.3, -0.25) is 19.2 Å². The van der Waals surface area contributed by atoms with Gasteiger partial charge in [-0.2, -0.15) is 11.3 Å². The lowest BCUT2D eigenvalue weighted by molar-refractivity contribution is -0.181. The summed E-state index contributed by atoms with van der Waals surface area (Å²) in [6.45, 7) is 3.80. The van der Waals surface area contributed by atoms with E-state index in [2.05, 4.69) is 12.2 Å². The van der Waals surface area contributed by atoms with Gasteiger partial charge in [-0.15, -0.1) is 0 Å². The molecule has 0 unspecified atom stereocenters. The molecule has 1 aromatic heterocycles. The number of allylic oxidation sites excluding steroid dienone is 4. The molecule has 3 fully saturated rings. The highest BCUT2D eigenvalue weighted by Gasteiger charge is 2.68. The van der Waals surface area contributed by atoms with Gasteiger partial charge in [0.25, 0.3) is 0 Å². The van der Waals surface area contributed by atoms with Gasteiger partial charge in [-0.25, -0.2) is 0 Å². The monoisotopic (exact) mass is 555 g/mol. The van der Waals surface area contributed by atoms with Crippen LogP contribution in [0.4, 0.5) is 0 Å². The molecule has 4 aliphatic carbocycles. The molecule has 3 saturated carbocycles. The summed E-state index contributed by atoms with van der Waals surface area (Å²) in [7, 11) is 0. The molecule has 210 valence electrons. The lowest BCUT2D eigenvalue weighted by atomic mass is 9.46. The molecule has 0 radical (unpaired) electrons. The van der Waals surface area contributed by atoms with Crippen molar-refractivity contribution in [3.8, 4) is 0 Å². The summed E-state index contributed by atoms with van der Waals surface area (Å²) in [5.74, 6) is -1.51.